The van der Waals surface area contributed by atoms with E-state index in [-0.39, 0.29) is 11.7 Å². The van der Waals surface area contributed by atoms with Crippen LogP contribution in [0.25, 0.3) is 0 Å². The number of pyridine rings is 1. The summed E-state index contributed by atoms with van der Waals surface area (Å²) in [5, 5.41) is 12.0. The van der Waals surface area contributed by atoms with Crippen molar-refractivity contribution >= 4 is 5.91 Å². The zero-order valence-corrected chi connectivity index (χ0v) is 11.7. The van der Waals surface area contributed by atoms with Crippen molar-refractivity contribution < 1.29 is 9.90 Å². The number of nitrogens with two attached hydrogens (primary N) is 1. The number of carbonyl (C=O) groups is 1. The van der Waals surface area contributed by atoms with E-state index in [2.05, 4.69) is 10.3 Å². The molecule has 2 aromatic rings. The summed E-state index contributed by atoms with van der Waals surface area (Å²) >= 11 is 0. The highest BCUT2D eigenvalue weighted by atomic mass is 16.3. The van der Waals surface area contributed by atoms with Gasteiger partial charge in [-0.05, 0) is 36.2 Å². The molecule has 0 saturated carbocycles. The molecule has 1 aromatic carbocycles. The molecule has 0 aliphatic heterocycles. The van der Waals surface area contributed by atoms with Crippen LogP contribution in [0.4, 0.5) is 0 Å². The summed E-state index contributed by atoms with van der Waals surface area (Å²) in [7, 11) is 0. The molecule has 0 spiro atoms. The van der Waals surface area contributed by atoms with Crippen molar-refractivity contribution in [2.75, 3.05) is 6.54 Å². The second kappa shape index (κ2) is 7.40. The van der Waals surface area contributed by atoms with Gasteiger partial charge in [-0.3, -0.25) is 9.78 Å². The molecule has 0 bridgehead atoms. The number of hydrogen-bond acceptors (Lipinski definition) is 4. The zero-order chi connectivity index (χ0) is 15.1. The topological polar surface area (TPSA) is 88.2 Å². The fourth-order valence-electron chi connectivity index (χ4n) is 1.97. The van der Waals surface area contributed by atoms with Crippen molar-refractivity contribution in [1.82, 2.24) is 10.3 Å². The molecule has 110 valence electrons. The summed E-state index contributed by atoms with van der Waals surface area (Å²) in [6.45, 7) is 0.513. The Morgan fingerprint density at radius 1 is 1.24 bits per heavy atom. The van der Waals surface area contributed by atoms with Crippen LogP contribution in [-0.4, -0.2) is 28.6 Å². The summed E-state index contributed by atoms with van der Waals surface area (Å²) in [5.41, 5.74) is 7.73. The third-order valence-corrected chi connectivity index (χ3v) is 3.14. The van der Waals surface area contributed by atoms with Crippen molar-refractivity contribution in [2.45, 2.75) is 18.9 Å². The van der Waals surface area contributed by atoms with Crippen LogP contribution in [0.5, 0.6) is 5.75 Å². The van der Waals surface area contributed by atoms with Crippen LogP contribution in [0.2, 0.25) is 0 Å². The monoisotopic (exact) mass is 285 g/mol. The lowest BCUT2D eigenvalue weighted by atomic mass is 10.1. The first-order chi connectivity index (χ1) is 10.1. The molecule has 4 N–H and O–H groups in total. The molecule has 1 unspecified atom stereocenters. The van der Waals surface area contributed by atoms with Gasteiger partial charge in [0.1, 0.15) is 5.75 Å². The molecule has 1 heterocycles. The minimum absolute atomic E-state index is 0.181. The molecule has 1 aromatic heterocycles. The first-order valence-electron chi connectivity index (χ1n) is 6.86. The molecular weight excluding hydrogens is 266 g/mol. The minimum Gasteiger partial charge on any atom is -0.508 e. The number of phenols is 1. The van der Waals surface area contributed by atoms with Gasteiger partial charge in [-0.2, -0.15) is 0 Å². The van der Waals surface area contributed by atoms with E-state index < -0.39 is 6.04 Å². The number of rotatable bonds is 6. The van der Waals surface area contributed by atoms with E-state index in [1.54, 1.807) is 30.5 Å². The predicted molar refractivity (Wildman–Crippen MR) is 80.7 cm³/mol. The highest BCUT2D eigenvalue weighted by Crippen LogP contribution is 2.10. The fraction of sp³-hybridized carbons (Fsp3) is 0.250. The summed E-state index contributed by atoms with van der Waals surface area (Å²) in [5.74, 6) is 0.0196. The number of nitrogens with one attached hydrogen (secondary N) is 1. The molecule has 1 amide bonds. The number of aromatic nitrogens is 1. The van der Waals surface area contributed by atoms with E-state index in [0.717, 1.165) is 11.3 Å². The van der Waals surface area contributed by atoms with E-state index in [1.165, 1.54) is 0 Å². The molecular formula is C16H19N3O2. The quantitative estimate of drug-likeness (QED) is 0.739. The van der Waals surface area contributed by atoms with Crippen molar-refractivity contribution in [3.63, 3.8) is 0 Å². The lowest BCUT2D eigenvalue weighted by Gasteiger charge is -2.12. The fourth-order valence-corrected chi connectivity index (χ4v) is 1.97. The first-order valence-corrected chi connectivity index (χ1v) is 6.86. The number of phenolic OH excluding ortho intramolecular Hbond substituents is 1. The zero-order valence-electron chi connectivity index (χ0n) is 11.7. The van der Waals surface area contributed by atoms with Crippen molar-refractivity contribution in [1.29, 1.82) is 0 Å². The van der Waals surface area contributed by atoms with Crippen molar-refractivity contribution in [3.8, 4) is 5.75 Å². The number of carbonyl (C=O) groups excluding carboxylic acids is 1. The second-order valence-corrected chi connectivity index (χ2v) is 4.84. The third kappa shape index (κ3) is 4.89. The van der Waals surface area contributed by atoms with Gasteiger partial charge in [0.05, 0.1) is 6.04 Å². The molecule has 0 fully saturated rings. The summed E-state index contributed by atoms with van der Waals surface area (Å²) in [6, 6.07) is 11.8. The van der Waals surface area contributed by atoms with Gasteiger partial charge in [0, 0.05) is 24.9 Å². The lowest BCUT2D eigenvalue weighted by molar-refractivity contribution is -0.122. The Morgan fingerprint density at radius 3 is 2.67 bits per heavy atom. The molecule has 21 heavy (non-hydrogen) atoms. The standard InChI is InChI=1S/C16H19N3O2/c17-15(11-12-4-6-14(20)7-5-12)16(21)19-10-8-13-3-1-2-9-18-13/h1-7,9,15,20H,8,10-11,17H2,(H,19,21). The summed E-state index contributed by atoms with van der Waals surface area (Å²) in [6.07, 6.45) is 2.85. The largest absolute Gasteiger partial charge is 0.508 e. The van der Waals surface area contributed by atoms with Crippen molar-refractivity contribution in [3.05, 3.63) is 59.9 Å². The van der Waals surface area contributed by atoms with Crippen LogP contribution in [0.3, 0.4) is 0 Å². The highest BCUT2D eigenvalue weighted by molar-refractivity contribution is 5.81. The molecule has 2 rings (SSSR count). The van der Waals surface area contributed by atoms with Gasteiger partial charge >= 0.3 is 0 Å². The maximum atomic E-state index is 11.9. The Bertz CT molecular complexity index is 570. The van der Waals surface area contributed by atoms with Gasteiger partial charge in [-0.25, -0.2) is 0 Å². The average molecular weight is 285 g/mol. The molecule has 5 nitrogen and oxygen atoms in total. The number of amides is 1. The number of aromatic hydroxyl groups is 1. The van der Waals surface area contributed by atoms with E-state index in [9.17, 15) is 9.90 Å². The van der Waals surface area contributed by atoms with Gasteiger partial charge in [-0.15, -0.1) is 0 Å². The molecule has 5 heteroatoms. The highest BCUT2D eigenvalue weighted by Gasteiger charge is 2.13. The Balaban J connectivity index is 1.76. The van der Waals surface area contributed by atoms with Gasteiger partial charge in [0.25, 0.3) is 0 Å². The third-order valence-electron chi connectivity index (χ3n) is 3.14. The van der Waals surface area contributed by atoms with Gasteiger partial charge in [0.15, 0.2) is 0 Å². The smallest absolute Gasteiger partial charge is 0.237 e. The van der Waals surface area contributed by atoms with Crippen LogP contribution in [0, 0.1) is 0 Å². The van der Waals surface area contributed by atoms with E-state index in [1.807, 2.05) is 18.2 Å². The van der Waals surface area contributed by atoms with Crippen molar-refractivity contribution in [2.24, 2.45) is 5.73 Å². The molecule has 0 aliphatic carbocycles. The van der Waals surface area contributed by atoms with Crippen LogP contribution in [-0.2, 0) is 17.6 Å². The molecule has 0 saturated heterocycles. The molecule has 1 atom stereocenters. The minimum atomic E-state index is -0.599. The molecule has 0 aliphatic rings. The first kappa shape index (κ1) is 15.0. The predicted octanol–water partition coefficient (Wildman–Crippen LogP) is 1.02. The maximum Gasteiger partial charge on any atom is 0.237 e. The average Bonchev–Trinajstić information content (AvgIpc) is 2.50. The van der Waals surface area contributed by atoms with Crippen LogP contribution in [0.15, 0.2) is 48.7 Å². The van der Waals surface area contributed by atoms with Crippen LogP contribution in [0.1, 0.15) is 11.3 Å². The van der Waals surface area contributed by atoms with Gasteiger partial charge in [0.2, 0.25) is 5.91 Å². The Labute approximate surface area is 123 Å². The summed E-state index contributed by atoms with van der Waals surface area (Å²) in [4.78, 5) is 16.1. The summed E-state index contributed by atoms with van der Waals surface area (Å²) < 4.78 is 0. The second-order valence-electron chi connectivity index (χ2n) is 4.84. The number of hydrogen-bond donors (Lipinski definition) is 3. The normalized spacial score (nSPS) is 11.9. The van der Waals surface area contributed by atoms with Crippen LogP contribution >= 0.6 is 0 Å². The number of benzene rings is 1. The van der Waals surface area contributed by atoms with Gasteiger partial charge < -0.3 is 16.2 Å². The molecule has 0 radical (unpaired) electrons. The Kier molecular flexibility index (Phi) is 5.29. The Hall–Kier alpha value is -2.40. The Morgan fingerprint density at radius 2 is 2.00 bits per heavy atom. The van der Waals surface area contributed by atoms with E-state index in [0.29, 0.717) is 19.4 Å². The number of nitrogens with zero attached hydrogens (tertiary/aromatic N) is 1. The van der Waals surface area contributed by atoms with Crippen LogP contribution < -0.4 is 11.1 Å². The van der Waals surface area contributed by atoms with Gasteiger partial charge in [-0.1, -0.05) is 18.2 Å². The SMILES string of the molecule is NC(Cc1ccc(O)cc1)C(=O)NCCc1ccccn1. The lowest BCUT2D eigenvalue weighted by Crippen LogP contribution is -2.42. The van der Waals surface area contributed by atoms with E-state index in [4.69, 9.17) is 5.73 Å². The van der Waals surface area contributed by atoms with E-state index >= 15 is 0 Å². The maximum absolute atomic E-state index is 11.9.